The fourth-order valence-corrected chi connectivity index (χ4v) is 4.67. The van der Waals surface area contributed by atoms with Crippen LogP contribution in [0.5, 0.6) is 0 Å². The van der Waals surface area contributed by atoms with Crippen molar-refractivity contribution in [2.45, 2.75) is 44.8 Å². The molecule has 30 heavy (non-hydrogen) atoms. The highest BCUT2D eigenvalue weighted by Gasteiger charge is 2.41. The van der Waals surface area contributed by atoms with E-state index in [1.54, 1.807) is 12.4 Å². The summed E-state index contributed by atoms with van der Waals surface area (Å²) in [6, 6.07) is 3.94. The number of nitrogens with zero attached hydrogens (tertiary/aromatic N) is 3. The number of rotatable bonds is 4. The fourth-order valence-electron chi connectivity index (χ4n) is 4.67. The standard InChI is InChI=1S/C21H30N4O3.2ClH/c26-19-1-4-21(16-25(19)15-17-2-7-22-8-3-17)5-10-24(11-6-21)20(27)13-18-14-23-9-12-28-18;;/h2-3,7-8,18,23H,1,4-6,9-16H2;2*1H. The molecule has 2 amide bonds. The van der Waals surface area contributed by atoms with E-state index < -0.39 is 0 Å². The van der Waals surface area contributed by atoms with E-state index in [0.717, 1.165) is 57.5 Å². The van der Waals surface area contributed by atoms with Crippen LogP contribution in [0.15, 0.2) is 24.5 Å². The second-order valence-electron chi connectivity index (χ2n) is 8.39. The third-order valence-corrected chi connectivity index (χ3v) is 6.45. The Kier molecular flexibility index (Phi) is 9.34. The number of piperidine rings is 2. The Morgan fingerprint density at radius 2 is 1.93 bits per heavy atom. The van der Waals surface area contributed by atoms with Crippen molar-refractivity contribution in [1.82, 2.24) is 20.1 Å². The maximum atomic E-state index is 12.6. The Labute approximate surface area is 190 Å². The molecule has 1 atom stereocenters. The van der Waals surface area contributed by atoms with Crippen LogP contribution in [0.4, 0.5) is 0 Å². The topological polar surface area (TPSA) is 74.8 Å². The number of pyridine rings is 1. The number of carbonyl (C=O) groups is 2. The minimum Gasteiger partial charge on any atom is -0.375 e. The monoisotopic (exact) mass is 458 g/mol. The Balaban J connectivity index is 0.00000160. The van der Waals surface area contributed by atoms with Crippen molar-refractivity contribution in [2.24, 2.45) is 5.41 Å². The Bertz CT molecular complexity index is 693. The number of amides is 2. The SMILES string of the molecule is Cl.Cl.O=C(CC1CNCCO1)N1CCC2(CCC(=O)N(Cc3ccncc3)C2)CC1. The molecule has 7 nitrogen and oxygen atoms in total. The normalized spacial score (nSPS) is 23.5. The number of aromatic nitrogens is 1. The minimum absolute atomic E-state index is 0. The van der Waals surface area contributed by atoms with Gasteiger partial charge in [-0.15, -0.1) is 24.8 Å². The number of nitrogens with one attached hydrogen (secondary N) is 1. The van der Waals surface area contributed by atoms with Gasteiger partial charge >= 0.3 is 0 Å². The molecule has 0 radical (unpaired) electrons. The maximum absolute atomic E-state index is 12.6. The van der Waals surface area contributed by atoms with Crippen LogP contribution < -0.4 is 5.32 Å². The lowest BCUT2D eigenvalue weighted by Gasteiger charge is -2.47. The van der Waals surface area contributed by atoms with Gasteiger partial charge in [-0.05, 0) is 42.4 Å². The maximum Gasteiger partial charge on any atom is 0.225 e. The minimum atomic E-state index is 0. The molecule has 0 bridgehead atoms. The summed E-state index contributed by atoms with van der Waals surface area (Å²) < 4.78 is 5.67. The molecule has 4 rings (SSSR count). The highest BCUT2D eigenvalue weighted by molar-refractivity contribution is 5.85. The second-order valence-corrected chi connectivity index (χ2v) is 8.39. The number of hydrogen-bond acceptors (Lipinski definition) is 5. The van der Waals surface area contributed by atoms with E-state index >= 15 is 0 Å². The molecule has 3 saturated heterocycles. The molecule has 9 heteroatoms. The number of likely N-dealkylation sites (tertiary alicyclic amines) is 2. The van der Waals surface area contributed by atoms with Crippen LogP contribution in [0, 0.1) is 5.41 Å². The first kappa shape index (κ1) is 24.9. The average molecular weight is 459 g/mol. The average Bonchev–Trinajstić information content (AvgIpc) is 2.73. The van der Waals surface area contributed by atoms with Gasteiger partial charge in [0.05, 0.1) is 19.1 Å². The largest absolute Gasteiger partial charge is 0.375 e. The van der Waals surface area contributed by atoms with Crippen LogP contribution in [0.2, 0.25) is 0 Å². The van der Waals surface area contributed by atoms with Crippen molar-refractivity contribution in [3.05, 3.63) is 30.1 Å². The zero-order valence-corrected chi connectivity index (χ0v) is 18.9. The van der Waals surface area contributed by atoms with Gasteiger partial charge in [-0.3, -0.25) is 14.6 Å². The van der Waals surface area contributed by atoms with Gasteiger partial charge in [-0.25, -0.2) is 0 Å². The molecule has 4 heterocycles. The van der Waals surface area contributed by atoms with Gasteiger partial charge in [0.25, 0.3) is 0 Å². The van der Waals surface area contributed by atoms with E-state index in [-0.39, 0.29) is 48.1 Å². The number of carbonyl (C=O) groups excluding carboxylic acids is 2. The number of morpholine rings is 1. The summed E-state index contributed by atoms with van der Waals surface area (Å²) in [5, 5.41) is 3.28. The van der Waals surface area contributed by atoms with E-state index in [4.69, 9.17) is 4.74 Å². The van der Waals surface area contributed by atoms with Crippen LogP contribution in [-0.4, -0.2) is 72.0 Å². The van der Waals surface area contributed by atoms with E-state index in [2.05, 4.69) is 10.3 Å². The summed E-state index contributed by atoms with van der Waals surface area (Å²) in [5.74, 6) is 0.437. The molecule has 1 spiro atoms. The van der Waals surface area contributed by atoms with E-state index in [0.29, 0.717) is 26.0 Å². The molecule has 0 aliphatic carbocycles. The van der Waals surface area contributed by atoms with Gasteiger partial charge in [0.15, 0.2) is 0 Å². The smallest absolute Gasteiger partial charge is 0.225 e. The molecule has 1 unspecified atom stereocenters. The summed E-state index contributed by atoms with van der Waals surface area (Å²) in [4.78, 5) is 33.1. The number of halogens is 2. The van der Waals surface area contributed by atoms with Crippen molar-refractivity contribution >= 4 is 36.6 Å². The molecule has 0 aromatic carbocycles. The van der Waals surface area contributed by atoms with Gasteiger partial charge in [-0.2, -0.15) is 0 Å². The molecule has 3 aliphatic rings. The van der Waals surface area contributed by atoms with Crippen LogP contribution in [0.1, 0.15) is 37.7 Å². The molecule has 1 aromatic heterocycles. The fraction of sp³-hybridized carbons (Fsp3) is 0.667. The Hall–Kier alpha value is -1.41. The van der Waals surface area contributed by atoms with Crippen molar-refractivity contribution in [1.29, 1.82) is 0 Å². The van der Waals surface area contributed by atoms with Crippen molar-refractivity contribution < 1.29 is 14.3 Å². The third kappa shape index (κ3) is 6.06. The predicted molar refractivity (Wildman–Crippen MR) is 119 cm³/mol. The molecular formula is C21H32Cl2N4O3. The van der Waals surface area contributed by atoms with Gasteiger partial charge in [0.1, 0.15) is 0 Å². The Morgan fingerprint density at radius 1 is 1.20 bits per heavy atom. The molecular weight excluding hydrogens is 427 g/mol. The summed E-state index contributed by atoms with van der Waals surface area (Å²) in [6.07, 6.45) is 7.51. The quantitative estimate of drug-likeness (QED) is 0.746. The van der Waals surface area contributed by atoms with Gasteiger partial charge in [-0.1, -0.05) is 0 Å². The molecule has 1 aromatic rings. The lowest BCUT2D eigenvalue weighted by Crippen LogP contribution is -2.52. The van der Waals surface area contributed by atoms with Crippen LogP contribution in [0.3, 0.4) is 0 Å². The molecule has 0 saturated carbocycles. The van der Waals surface area contributed by atoms with Crippen molar-refractivity contribution in [3.8, 4) is 0 Å². The zero-order chi connectivity index (χ0) is 19.4. The van der Waals surface area contributed by atoms with Crippen LogP contribution in [-0.2, 0) is 20.9 Å². The molecule has 168 valence electrons. The highest BCUT2D eigenvalue weighted by Crippen LogP contribution is 2.40. The third-order valence-electron chi connectivity index (χ3n) is 6.45. The summed E-state index contributed by atoms with van der Waals surface area (Å²) in [6.45, 7) is 5.33. The Morgan fingerprint density at radius 3 is 2.60 bits per heavy atom. The van der Waals surface area contributed by atoms with Gasteiger partial charge in [0.2, 0.25) is 11.8 Å². The first-order chi connectivity index (χ1) is 13.6. The molecule has 3 fully saturated rings. The predicted octanol–water partition coefficient (Wildman–Crippen LogP) is 2.03. The van der Waals surface area contributed by atoms with Gasteiger partial charge in [0, 0.05) is 58.1 Å². The summed E-state index contributed by atoms with van der Waals surface area (Å²) in [7, 11) is 0. The first-order valence-corrected chi connectivity index (χ1v) is 10.4. The van der Waals surface area contributed by atoms with E-state index in [9.17, 15) is 9.59 Å². The van der Waals surface area contributed by atoms with Crippen molar-refractivity contribution in [2.75, 3.05) is 39.3 Å². The van der Waals surface area contributed by atoms with E-state index in [1.807, 2.05) is 21.9 Å². The van der Waals surface area contributed by atoms with E-state index in [1.165, 1.54) is 0 Å². The molecule has 1 N–H and O–H groups in total. The first-order valence-electron chi connectivity index (χ1n) is 10.4. The summed E-state index contributed by atoms with van der Waals surface area (Å²) >= 11 is 0. The number of ether oxygens (including phenoxy) is 1. The number of hydrogen-bond donors (Lipinski definition) is 1. The summed E-state index contributed by atoms with van der Waals surface area (Å²) in [5.41, 5.74) is 1.27. The lowest BCUT2D eigenvalue weighted by atomic mass is 9.72. The second kappa shape index (κ2) is 11.3. The lowest BCUT2D eigenvalue weighted by molar-refractivity contribution is -0.144. The van der Waals surface area contributed by atoms with Crippen LogP contribution >= 0.6 is 24.8 Å². The van der Waals surface area contributed by atoms with Crippen LogP contribution in [0.25, 0.3) is 0 Å². The molecule has 3 aliphatic heterocycles. The van der Waals surface area contributed by atoms with Crippen molar-refractivity contribution in [3.63, 3.8) is 0 Å². The van der Waals surface area contributed by atoms with Gasteiger partial charge < -0.3 is 19.9 Å². The highest BCUT2D eigenvalue weighted by atomic mass is 35.5. The zero-order valence-electron chi connectivity index (χ0n) is 17.3.